The van der Waals surface area contributed by atoms with Gasteiger partial charge in [0.2, 0.25) is 0 Å². The molecule has 5 atom stereocenters. The third-order valence-electron chi connectivity index (χ3n) is 5.46. The molecule has 1 heteroatoms. The Labute approximate surface area is 109 Å². The standard InChI is InChI=1S/C16H21Cl/c1-10-11(2)15-7-14(10)8-16(15)13-5-3-12(9-17)4-6-13/h3-6,10-11,14-16H,7-9H2,1-2H3. The molecule has 0 aromatic heterocycles. The number of hydrogen-bond acceptors (Lipinski definition) is 0. The lowest BCUT2D eigenvalue weighted by atomic mass is 9.73. The second kappa shape index (κ2) is 4.31. The van der Waals surface area contributed by atoms with Crippen LogP contribution in [0.5, 0.6) is 0 Å². The van der Waals surface area contributed by atoms with E-state index in [0.29, 0.717) is 5.88 Å². The Morgan fingerprint density at radius 1 is 1.06 bits per heavy atom. The number of fused-ring (bicyclic) bond motifs is 2. The Bertz CT molecular complexity index is 392. The number of alkyl halides is 1. The van der Waals surface area contributed by atoms with Crippen molar-refractivity contribution in [2.75, 3.05) is 0 Å². The highest BCUT2D eigenvalue weighted by atomic mass is 35.5. The van der Waals surface area contributed by atoms with Crippen molar-refractivity contribution < 1.29 is 0 Å². The van der Waals surface area contributed by atoms with Gasteiger partial charge in [0, 0.05) is 5.88 Å². The third kappa shape index (κ3) is 1.81. The molecule has 5 unspecified atom stereocenters. The van der Waals surface area contributed by atoms with Gasteiger partial charge in [-0.3, -0.25) is 0 Å². The third-order valence-corrected chi connectivity index (χ3v) is 5.77. The van der Waals surface area contributed by atoms with Crippen LogP contribution in [0.4, 0.5) is 0 Å². The predicted molar refractivity (Wildman–Crippen MR) is 73.3 cm³/mol. The summed E-state index contributed by atoms with van der Waals surface area (Å²) in [5.41, 5.74) is 2.78. The average molecular weight is 249 g/mol. The quantitative estimate of drug-likeness (QED) is 0.659. The van der Waals surface area contributed by atoms with Gasteiger partial charge in [0.05, 0.1) is 0 Å². The van der Waals surface area contributed by atoms with Gasteiger partial charge in [-0.2, -0.15) is 0 Å². The second-order valence-electron chi connectivity index (χ2n) is 6.10. The van der Waals surface area contributed by atoms with E-state index in [1.807, 2.05) is 0 Å². The zero-order chi connectivity index (χ0) is 12.0. The molecule has 2 aliphatic rings. The molecule has 0 amide bonds. The first-order valence-electron chi connectivity index (χ1n) is 6.85. The molecule has 92 valence electrons. The zero-order valence-corrected chi connectivity index (χ0v) is 11.5. The van der Waals surface area contributed by atoms with E-state index >= 15 is 0 Å². The highest BCUT2D eigenvalue weighted by Crippen LogP contribution is 2.58. The summed E-state index contributed by atoms with van der Waals surface area (Å²) in [6.45, 7) is 4.90. The normalized spacial score (nSPS) is 39.8. The van der Waals surface area contributed by atoms with E-state index in [2.05, 4.69) is 38.1 Å². The van der Waals surface area contributed by atoms with Crippen LogP contribution in [0.1, 0.15) is 43.7 Å². The Hall–Kier alpha value is -0.490. The summed E-state index contributed by atoms with van der Waals surface area (Å²) >= 11 is 5.84. The number of halogens is 1. The summed E-state index contributed by atoms with van der Waals surface area (Å²) < 4.78 is 0. The summed E-state index contributed by atoms with van der Waals surface area (Å²) in [6.07, 6.45) is 2.88. The van der Waals surface area contributed by atoms with E-state index in [4.69, 9.17) is 11.6 Å². The monoisotopic (exact) mass is 248 g/mol. The van der Waals surface area contributed by atoms with Crippen molar-refractivity contribution in [2.24, 2.45) is 23.7 Å². The van der Waals surface area contributed by atoms with Crippen molar-refractivity contribution >= 4 is 11.6 Å². The van der Waals surface area contributed by atoms with E-state index in [1.165, 1.54) is 18.4 Å². The minimum atomic E-state index is 0.629. The molecule has 17 heavy (non-hydrogen) atoms. The minimum absolute atomic E-state index is 0.629. The first-order valence-corrected chi connectivity index (χ1v) is 7.39. The van der Waals surface area contributed by atoms with E-state index < -0.39 is 0 Å². The maximum absolute atomic E-state index is 5.84. The lowest BCUT2D eigenvalue weighted by Crippen LogP contribution is -2.23. The fourth-order valence-corrected chi connectivity index (χ4v) is 4.36. The number of hydrogen-bond donors (Lipinski definition) is 0. The van der Waals surface area contributed by atoms with Crippen LogP contribution in [0, 0.1) is 23.7 Å². The maximum Gasteiger partial charge on any atom is 0.0474 e. The van der Waals surface area contributed by atoms with Gasteiger partial charge in [0.1, 0.15) is 0 Å². The van der Waals surface area contributed by atoms with Crippen LogP contribution in [-0.2, 0) is 5.88 Å². The lowest BCUT2D eigenvalue weighted by Gasteiger charge is -2.32. The van der Waals surface area contributed by atoms with Crippen LogP contribution in [0.15, 0.2) is 24.3 Å². The zero-order valence-electron chi connectivity index (χ0n) is 10.7. The molecule has 0 radical (unpaired) electrons. The van der Waals surface area contributed by atoms with Crippen molar-refractivity contribution in [2.45, 2.75) is 38.5 Å². The topological polar surface area (TPSA) is 0 Å². The second-order valence-corrected chi connectivity index (χ2v) is 6.36. The summed E-state index contributed by atoms with van der Waals surface area (Å²) in [4.78, 5) is 0. The fourth-order valence-electron chi connectivity index (χ4n) is 4.18. The van der Waals surface area contributed by atoms with E-state index in [0.717, 1.165) is 29.6 Å². The van der Waals surface area contributed by atoms with Gasteiger partial charge in [-0.05, 0) is 53.6 Å². The smallest absolute Gasteiger partial charge is 0.0474 e. The molecule has 0 saturated heterocycles. The molecule has 3 rings (SSSR count). The summed E-state index contributed by atoms with van der Waals surface area (Å²) in [7, 11) is 0. The van der Waals surface area contributed by atoms with Crippen LogP contribution < -0.4 is 0 Å². The summed E-state index contributed by atoms with van der Waals surface area (Å²) in [6, 6.07) is 9.01. The highest BCUT2D eigenvalue weighted by Gasteiger charge is 2.48. The molecule has 1 aromatic rings. The average Bonchev–Trinajstić information content (AvgIpc) is 2.91. The van der Waals surface area contributed by atoms with Crippen LogP contribution in [0.25, 0.3) is 0 Å². The molecular weight excluding hydrogens is 228 g/mol. The van der Waals surface area contributed by atoms with Gasteiger partial charge >= 0.3 is 0 Å². The molecule has 0 aliphatic heterocycles. The Kier molecular flexibility index (Phi) is 2.94. The van der Waals surface area contributed by atoms with Crippen LogP contribution >= 0.6 is 11.6 Å². The van der Waals surface area contributed by atoms with Gasteiger partial charge in [-0.1, -0.05) is 38.1 Å². The molecule has 2 fully saturated rings. The lowest BCUT2D eigenvalue weighted by molar-refractivity contribution is 0.232. The number of benzene rings is 1. The first-order chi connectivity index (χ1) is 8.20. The van der Waals surface area contributed by atoms with Gasteiger partial charge in [0.25, 0.3) is 0 Å². The maximum atomic E-state index is 5.84. The van der Waals surface area contributed by atoms with Crippen molar-refractivity contribution in [1.29, 1.82) is 0 Å². The molecular formula is C16H21Cl. The number of rotatable bonds is 2. The Morgan fingerprint density at radius 3 is 2.29 bits per heavy atom. The largest absolute Gasteiger partial charge is 0.122 e. The van der Waals surface area contributed by atoms with Crippen molar-refractivity contribution in [3.8, 4) is 0 Å². The molecule has 2 saturated carbocycles. The van der Waals surface area contributed by atoms with Crippen LogP contribution in [-0.4, -0.2) is 0 Å². The van der Waals surface area contributed by atoms with E-state index in [-0.39, 0.29) is 0 Å². The molecule has 2 bridgehead atoms. The molecule has 2 aliphatic carbocycles. The van der Waals surface area contributed by atoms with Gasteiger partial charge < -0.3 is 0 Å². The van der Waals surface area contributed by atoms with Gasteiger partial charge in [-0.25, -0.2) is 0 Å². The highest BCUT2D eigenvalue weighted by molar-refractivity contribution is 6.17. The van der Waals surface area contributed by atoms with Crippen LogP contribution in [0.3, 0.4) is 0 Å². The van der Waals surface area contributed by atoms with E-state index in [9.17, 15) is 0 Å². The SMILES string of the molecule is CC1C2CC(c3ccc(CCl)cc3)C(C2)C1C. The van der Waals surface area contributed by atoms with Gasteiger partial charge in [-0.15, -0.1) is 11.6 Å². The van der Waals surface area contributed by atoms with Crippen molar-refractivity contribution in [1.82, 2.24) is 0 Å². The molecule has 0 heterocycles. The molecule has 0 N–H and O–H groups in total. The fraction of sp³-hybridized carbons (Fsp3) is 0.625. The molecule has 1 aromatic carbocycles. The van der Waals surface area contributed by atoms with E-state index in [1.54, 1.807) is 5.56 Å². The summed E-state index contributed by atoms with van der Waals surface area (Å²) in [5, 5.41) is 0. The minimum Gasteiger partial charge on any atom is -0.122 e. The first kappa shape index (κ1) is 11.6. The predicted octanol–water partition coefficient (Wildman–Crippen LogP) is 4.82. The Morgan fingerprint density at radius 2 is 1.76 bits per heavy atom. The van der Waals surface area contributed by atoms with Crippen molar-refractivity contribution in [3.63, 3.8) is 0 Å². The van der Waals surface area contributed by atoms with Crippen LogP contribution in [0.2, 0.25) is 0 Å². The molecule has 0 spiro atoms. The van der Waals surface area contributed by atoms with Gasteiger partial charge in [0.15, 0.2) is 0 Å². The molecule has 0 nitrogen and oxygen atoms in total. The van der Waals surface area contributed by atoms with Crippen molar-refractivity contribution in [3.05, 3.63) is 35.4 Å². The summed E-state index contributed by atoms with van der Waals surface area (Å²) in [5.74, 6) is 5.20. The Balaban J connectivity index is 1.82.